The highest BCUT2D eigenvalue weighted by atomic mass is 14.5. The molecule has 28 heavy (non-hydrogen) atoms. The van der Waals surface area contributed by atoms with Crippen molar-refractivity contribution in [1.82, 2.24) is 0 Å². The highest BCUT2D eigenvalue weighted by Gasteiger charge is 2.26. The van der Waals surface area contributed by atoms with Gasteiger partial charge in [-0.3, -0.25) is 0 Å². The maximum atomic E-state index is 6.31. The van der Waals surface area contributed by atoms with E-state index in [9.17, 15) is 0 Å². The Labute approximate surface area is 168 Å². The fourth-order valence-electron chi connectivity index (χ4n) is 4.35. The van der Waals surface area contributed by atoms with Crippen LogP contribution in [0.4, 0.5) is 0 Å². The van der Waals surface area contributed by atoms with Crippen molar-refractivity contribution < 1.29 is 0 Å². The third-order valence-electron chi connectivity index (χ3n) is 5.93. The van der Waals surface area contributed by atoms with Crippen LogP contribution in [0.5, 0.6) is 0 Å². The minimum Gasteiger partial charge on any atom is -0.326 e. The van der Waals surface area contributed by atoms with E-state index in [1.165, 1.54) is 48.7 Å². The molecule has 2 N–H and O–H groups in total. The second-order valence-electron chi connectivity index (χ2n) is 10.0. The average molecular weight is 370 g/mol. The molecule has 0 fully saturated rings. The van der Waals surface area contributed by atoms with Crippen LogP contribution in [0.1, 0.15) is 58.2 Å². The SMILES string of the molecule is CC(C)(C)c1cc(CN)c(-c2cccc3c2=c2ccccc2=3)c(C(C)(C)C)c1. The molecule has 4 rings (SSSR count). The molecule has 0 aromatic heterocycles. The summed E-state index contributed by atoms with van der Waals surface area (Å²) < 4.78 is 0. The van der Waals surface area contributed by atoms with Crippen molar-refractivity contribution in [2.75, 3.05) is 0 Å². The van der Waals surface area contributed by atoms with Gasteiger partial charge in [0.05, 0.1) is 0 Å². The fourth-order valence-corrected chi connectivity index (χ4v) is 4.35. The third-order valence-corrected chi connectivity index (χ3v) is 5.93. The molecule has 0 unspecified atom stereocenters. The summed E-state index contributed by atoms with van der Waals surface area (Å²) in [5, 5.41) is 5.45. The largest absolute Gasteiger partial charge is 0.326 e. The summed E-state index contributed by atoms with van der Waals surface area (Å²) in [4.78, 5) is 0. The smallest absolute Gasteiger partial charge is 0.0184 e. The van der Waals surface area contributed by atoms with Crippen LogP contribution in [-0.4, -0.2) is 0 Å². The van der Waals surface area contributed by atoms with E-state index in [0.29, 0.717) is 6.54 Å². The zero-order valence-corrected chi connectivity index (χ0v) is 18.0. The first-order chi connectivity index (χ1) is 13.1. The van der Waals surface area contributed by atoms with Gasteiger partial charge in [0.25, 0.3) is 0 Å². The lowest BCUT2D eigenvalue weighted by Gasteiger charge is -2.30. The second-order valence-corrected chi connectivity index (χ2v) is 10.0. The number of hydrogen-bond acceptors (Lipinski definition) is 1. The monoisotopic (exact) mass is 369 g/mol. The van der Waals surface area contributed by atoms with Gasteiger partial charge in [0.1, 0.15) is 0 Å². The lowest BCUT2D eigenvalue weighted by atomic mass is 9.74. The number of hydrogen-bond donors (Lipinski definition) is 1. The highest BCUT2D eigenvalue weighted by Crippen LogP contribution is 2.40. The van der Waals surface area contributed by atoms with Crippen LogP contribution in [0.15, 0.2) is 54.6 Å². The van der Waals surface area contributed by atoms with Crippen molar-refractivity contribution in [3.8, 4) is 11.1 Å². The molecule has 144 valence electrons. The summed E-state index contributed by atoms with van der Waals surface area (Å²) >= 11 is 0. The van der Waals surface area contributed by atoms with E-state index in [-0.39, 0.29) is 10.8 Å². The van der Waals surface area contributed by atoms with E-state index in [1.807, 2.05) is 0 Å². The molecule has 1 aliphatic carbocycles. The van der Waals surface area contributed by atoms with Crippen molar-refractivity contribution in [2.24, 2.45) is 5.73 Å². The molecule has 0 bridgehead atoms. The van der Waals surface area contributed by atoms with Crippen LogP contribution in [0.25, 0.3) is 11.1 Å². The Morgan fingerprint density at radius 2 is 1.36 bits per heavy atom. The summed E-state index contributed by atoms with van der Waals surface area (Å²) in [6.45, 7) is 14.3. The molecule has 3 aromatic carbocycles. The molecular formula is C27H31N. The lowest BCUT2D eigenvalue weighted by Crippen LogP contribution is -2.20. The summed E-state index contributed by atoms with van der Waals surface area (Å²) in [6.07, 6.45) is 0. The van der Waals surface area contributed by atoms with Gasteiger partial charge in [0.15, 0.2) is 0 Å². The van der Waals surface area contributed by atoms with E-state index in [2.05, 4.69) is 96.1 Å². The lowest BCUT2D eigenvalue weighted by molar-refractivity contribution is 0.568. The van der Waals surface area contributed by atoms with Gasteiger partial charge in [-0.15, -0.1) is 0 Å². The van der Waals surface area contributed by atoms with Gasteiger partial charge in [-0.2, -0.15) is 0 Å². The summed E-state index contributed by atoms with van der Waals surface area (Å²) in [5.74, 6) is 0. The van der Waals surface area contributed by atoms with Crippen molar-refractivity contribution in [3.63, 3.8) is 0 Å². The Kier molecular flexibility index (Phi) is 4.28. The van der Waals surface area contributed by atoms with Crippen molar-refractivity contribution in [3.05, 3.63) is 92.2 Å². The van der Waals surface area contributed by atoms with E-state index in [1.54, 1.807) is 0 Å². The standard InChI is InChI=1S/C27H31N/c1-26(2,3)18-14-17(16-28)24(23(15-18)27(4,5)6)22-13-9-12-21-19-10-7-8-11-20(19)25(21)22/h7-15H,16,28H2,1-6H3. The predicted octanol–water partition coefficient (Wildman–Crippen LogP) is 6.29. The maximum absolute atomic E-state index is 6.31. The van der Waals surface area contributed by atoms with Gasteiger partial charge in [-0.05, 0) is 59.5 Å². The van der Waals surface area contributed by atoms with Gasteiger partial charge in [-0.25, -0.2) is 0 Å². The molecule has 0 saturated carbocycles. The van der Waals surface area contributed by atoms with E-state index in [4.69, 9.17) is 5.73 Å². The van der Waals surface area contributed by atoms with Crippen molar-refractivity contribution in [2.45, 2.75) is 58.9 Å². The normalized spacial score (nSPS) is 13.0. The molecule has 0 aliphatic heterocycles. The van der Waals surface area contributed by atoms with Gasteiger partial charge in [0.2, 0.25) is 0 Å². The highest BCUT2D eigenvalue weighted by molar-refractivity contribution is 5.75. The molecule has 0 atom stereocenters. The molecule has 0 radical (unpaired) electrons. The molecule has 1 aliphatic rings. The van der Waals surface area contributed by atoms with Crippen LogP contribution < -0.4 is 5.73 Å². The van der Waals surface area contributed by atoms with E-state index >= 15 is 0 Å². The Morgan fingerprint density at radius 1 is 0.714 bits per heavy atom. The van der Waals surface area contributed by atoms with Crippen LogP contribution in [0.3, 0.4) is 0 Å². The first kappa shape index (κ1) is 19.0. The third kappa shape index (κ3) is 2.89. The van der Waals surface area contributed by atoms with Gasteiger partial charge >= 0.3 is 0 Å². The van der Waals surface area contributed by atoms with Crippen LogP contribution in [0.2, 0.25) is 0 Å². The first-order valence-corrected chi connectivity index (χ1v) is 10.2. The Balaban J connectivity index is 2.14. The van der Waals surface area contributed by atoms with Gasteiger partial charge in [-0.1, -0.05) is 96.1 Å². The predicted molar refractivity (Wildman–Crippen MR) is 119 cm³/mol. The zero-order chi connectivity index (χ0) is 20.3. The second kappa shape index (κ2) is 6.32. The molecule has 0 spiro atoms. The molecule has 0 saturated heterocycles. The topological polar surface area (TPSA) is 26.0 Å². The van der Waals surface area contributed by atoms with Crippen LogP contribution in [-0.2, 0) is 17.4 Å². The number of nitrogens with two attached hydrogens (primary N) is 1. The van der Waals surface area contributed by atoms with Crippen molar-refractivity contribution in [1.29, 1.82) is 0 Å². The summed E-state index contributed by atoms with van der Waals surface area (Å²) in [6, 6.07) is 20.2. The summed E-state index contributed by atoms with van der Waals surface area (Å²) in [7, 11) is 0. The first-order valence-electron chi connectivity index (χ1n) is 10.2. The van der Waals surface area contributed by atoms with E-state index < -0.39 is 0 Å². The molecule has 0 heterocycles. The number of benzene rings is 3. The van der Waals surface area contributed by atoms with Gasteiger partial charge < -0.3 is 5.73 Å². The zero-order valence-electron chi connectivity index (χ0n) is 18.0. The minimum absolute atomic E-state index is 0.0342. The average Bonchev–Trinajstić information content (AvgIpc) is 2.62. The minimum atomic E-state index is 0.0342. The van der Waals surface area contributed by atoms with E-state index in [0.717, 1.165) is 0 Å². The van der Waals surface area contributed by atoms with Gasteiger partial charge in [0, 0.05) is 6.54 Å². The Bertz CT molecular complexity index is 1250. The van der Waals surface area contributed by atoms with Crippen LogP contribution >= 0.6 is 0 Å². The molecule has 1 heteroatoms. The molecule has 3 aromatic rings. The fraction of sp³-hybridized carbons (Fsp3) is 0.333. The van der Waals surface area contributed by atoms with Crippen molar-refractivity contribution >= 4 is 0 Å². The Hall–Kier alpha value is -2.38. The number of fused-ring (bicyclic) bond motifs is 2. The Morgan fingerprint density at radius 3 is 1.96 bits per heavy atom. The van der Waals surface area contributed by atoms with Crippen LogP contribution in [0, 0.1) is 20.9 Å². The maximum Gasteiger partial charge on any atom is 0.0184 e. The number of rotatable bonds is 2. The molecular weight excluding hydrogens is 338 g/mol. The quantitative estimate of drug-likeness (QED) is 0.441. The summed E-state index contributed by atoms with van der Waals surface area (Å²) in [5.41, 5.74) is 13.1. The molecule has 0 amide bonds. The molecule has 1 nitrogen and oxygen atoms in total.